The van der Waals surface area contributed by atoms with Crippen molar-refractivity contribution in [3.8, 4) is 0 Å². The molecule has 0 heterocycles. The van der Waals surface area contributed by atoms with Crippen molar-refractivity contribution in [2.75, 3.05) is 27.7 Å². The molecule has 0 fully saturated rings. The first-order valence-electron chi connectivity index (χ1n) is 5.49. The molecular formula is C12H22NO4+. The smallest absolute Gasteiger partial charge is 0.307 e. The van der Waals surface area contributed by atoms with E-state index in [1.807, 2.05) is 0 Å². The van der Waals surface area contributed by atoms with Crippen LogP contribution in [0.4, 0.5) is 0 Å². The maximum atomic E-state index is 12.0. The Morgan fingerprint density at radius 2 is 1.76 bits per heavy atom. The first kappa shape index (κ1) is 15.8. The Morgan fingerprint density at radius 1 is 1.29 bits per heavy atom. The van der Waals surface area contributed by atoms with E-state index in [-0.39, 0.29) is 12.1 Å². The fourth-order valence-electron chi connectivity index (χ4n) is 1.73. The summed E-state index contributed by atoms with van der Waals surface area (Å²) in [5.74, 6) is -1.77. The molecule has 5 nitrogen and oxygen atoms in total. The van der Waals surface area contributed by atoms with Crippen molar-refractivity contribution in [3.05, 3.63) is 12.2 Å². The van der Waals surface area contributed by atoms with E-state index < -0.39 is 23.8 Å². The third-order valence-electron chi connectivity index (χ3n) is 2.35. The van der Waals surface area contributed by atoms with Gasteiger partial charge in [-0.15, -0.1) is 0 Å². The Kier molecular flexibility index (Phi) is 5.04. The minimum Gasteiger partial charge on any atom is -0.481 e. The van der Waals surface area contributed by atoms with Gasteiger partial charge in [0, 0.05) is 0 Å². The molecule has 0 aliphatic rings. The van der Waals surface area contributed by atoms with Crippen LogP contribution in [-0.4, -0.2) is 59.7 Å². The Morgan fingerprint density at radius 3 is 2.06 bits per heavy atom. The first-order chi connectivity index (χ1) is 7.52. The third-order valence-corrected chi connectivity index (χ3v) is 2.35. The average molecular weight is 244 g/mol. The topological polar surface area (TPSA) is 74.6 Å². The van der Waals surface area contributed by atoms with Crippen LogP contribution in [0.1, 0.15) is 19.8 Å². The minimum atomic E-state index is -1.88. The van der Waals surface area contributed by atoms with Crippen LogP contribution in [0.2, 0.25) is 0 Å². The molecule has 0 bridgehead atoms. The number of carboxylic acid groups (broad SMARTS) is 1. The number of aliphatic carboxylic acids is 1. The van der Waals surface area contributed by atoms with Gasteiger partial charge in [-0.05, 0) is 12.0 Å². The Bertz CT molecular complexity index is 330. The molecule has 1 atom stereocenters. The van der Waals surface area contributed by atoms with Gasteiger partial charge in [0.25, 0.3) is 0 Å². The highest BCUT2D eigenvalue weighted by Crippen LogP contribution is 2.20. The number of nitrogens with zero attached hydrogens (tertiary/aromatic N) is 1. The number of likely N-dealkylation sites (N-methyl/N-ethyl adjacent to an activating group) is 1. The van der Waals surface area contributed by atoms with Crippen LogP contribution in [0.3, 0.4) is 0 Å². The number of quaternary nitrogens is 1. The first-order valence-corrected chi connectivity index (χ1v) is 5.49. The Labute approximate surface area is 102 Å². The van der Waals surface area contributed by atoms with Gasteiger partial charge in [0.1, 0.15) is 6.54 Å². The molecule has 5 heteroatoms. The summed E-state index contributed by atoms with van der Waals surface area (Å²) in [6.45, 7) is 5.35. The molecule has 0 aromatic rings. The molecular weight excluding hydrogens is 222 g/mol. The fraction of sp³-hybridized carbons (Fsp3) is 0.667. The van der Waals surface area contributed by atoms with Crippen molar-refractivity contribution in [2.24, 2.45) is 0 Å². The van der Waals surface area contributed by atoms with E-state index in [2.05, 4.69) is 6.58 Å². The number of hydrogen-bond acceptors (Lipinski definition) is 3. The maximum absolute atomic E-state index is 12.0. The molecule has 0 spiro atoms. The van der Waals surface area contributed by atoms with Crippen molar-refractivity contribution < 1.29 is 24.3 Å². The van der Waals surface area contributed by atoms with Crippen LogP contribution >= 0.6 is 0 Å². The SMILES string of the molecule is C=C(CC)C(=O)C(O)(CC(=O)O)C[N+](C)(C)C. The van der Waals surface area contributed by atoms with E-state index in [4.69, 9.17) is 5.11 Å². The lowest BCUT2D eigenvalue weighted by Crippen LogP contribution is -2.55. The van der Waals surface area contributed by atoms with Gasteiger partial charge < -0.3 is 14.7 Å². The summed E-state index contributed by atoms with van der Waals surface area (Å²) >= 11 is 0. The van der Waals surface area contributed by atoms with Crippen LogP contribution in [0.5, 0.6) is 0 Å². The number of carboxylic acids is 1. The monoisotopic (exact) mass is 244 g/mol. The Balaban J connectivity index is 5.16. The van der Waals surface area contributed by atoms with Gasteiger partial charge in [0.05, 0.1) is 27.6 Å². The molecule has 0 radical (unpaired) electrons. The zero-order chi connectivity index (χ0) is 13.9. The van der Waals surface area contributed by atoms with E-state index in [1.165, 1.54) is 0 Å². The highest BCUT2D eigenvalue weighted by molar-refractivity contribution is 6.03. The molecule has 2 N–H and O–H groups in total. The molecule has 0 saturated carbocycles. The summed E-state index contributed by atoms with van der Waals surface area (Å²) in [6, 6.07) is 0. The van der Waals surface area contributed by atoms with Crippen molar-refractivity contribution in [1.82, 2.24) is 0 Å². The van der Waals surface area contributed by atoms with Gasteiger partial charge in [0.15, 0.2) is 11.4 Å². The normalized spacial score (nSPS) is 15.1. The Hall–Kier alpha value is -1.20. The zero-order valence-corrected chi connectivity index (χ0v) is 11.0. The van der Waals surface area contributed by atoms with Crippen molar-refractivity contribution >= 4 is 11.8 Å². The largest absolute Gasteiger partial charge is 0.481 e. The van der Waals surface area contributed by atoms with E-state index in [1.54, 1.807) is 28.1 Å². The van der Waals surface area contributed by atoms with Crippen LogP contribution < -0.4 is 0 Å². The van der Waals surface area contributed by atoms with Crippen LogP contribution in [0.15, 0.2) is 12.2 Å². The zero-order valence-electron chi connectivity index (χ0n) is 11.0. The number of carbonyl (C=O) groups is 2. The second-order valence-corrected chi connectivity index (χ2v) is 5.34. The number of aliphatic hydroxyl groups is 1. The number of ketones is 1. The molecule has 98 valence electrons. The van der Waals surface area contributed by atoms with E-state index in [0.717, 1.165) is 0 Å². The van der Waals surface area contributed by atoms with Crippen LogP contribution in [0, 0.1) is 0 Å². The maximum Gasteiger partial charge on any atom is 0.307 e. The van der Waals surface area contributed by atoms with Crippen molar-refractivity contribution in [1.29, 1.82) is 0 Å². The van der Waals surface area contributed by atoms with Gasteiger partial charge in [-0.2, -0.15) is 0 Å². The molecule has 0 aliphatic carbocycles. The lowest BCUT2D eigenvalue weighted by Gasteiger charge is -2.34. The second kappa shape index (κ2) is 5.42. The molecule has 0 rings (SSSR count). The van der Waals surface area contributed by atoms with Gasteiger partial charge >= 0.3 is 5.97 Å². The highest BCUT2D eigenvalue weighted by atomic mass is 16.4. The van der Waals surface area contributed by atoms with Gasteiger partial charge in [-0.25, -0.2) is 0 Å². The second-order valence-electron chi connectivity index (χ2n) is 5.34. The lowest BCUT2D eigenvalue weighted by molar-refractivity contribution is -0.875. The molecule has 0 aromatic carbocycles. The lowest BCUT2D eigenvalue weighted by atomic mass is 9.88. The predicted molar refractivity (Wildman–Crippen MR) is 64.5 cm³/mol. The number of Topliss-reactive ketones (excluding diaryl/α,β-unsaturated/α-hetero) is 1. The summed E-state index contributed by atoms with van der Waals surface area (Å²) in [5.41, 5.74) is -1.63. The number of carbonyl (C=O) groups excluding carboxylic acids is 1. The molecule has 0 saturated heterocycles. The van der Waals surface area contributed by atoms with Crippen LogP contribution in [-0.2, 0) is 9.59 Å². The standard InChI is InChI=1S/C12H21NO4/c1-6-9(2)11(16)12(17,7-10(14)15)8-13(3,4)5/h17H,2,6-8H2,1,3-5H3/p+1. The highest BCUT2D eigenvalue weighted by Gasteiger charge is 2.43. The van der Waals surface area contributed by atoms with Gasteiger partial charge in [-0.1, -0.05) is 13.5 Å². The summed E-state index contributed by atoms with van der Waals surface area (Å²) in [4.78, 5) is 22.8. The van der Waals surface area contributed by atoms with E-state index >= 15 is 0 Å². The summed E-state index contributed by atoms with van der Waals surface area (Å²) < 4.78 is 0.298. The quantitative estimate of drug-likeness (QED) is 0.503. The van der Waals surface area contributed by atoms with Crippen molar-refractivity contribution in [3.63, 3.8) is 0 Å². The molecule has 0 aromatic heterocycles. The average Bonchev–Trinajstić information content (AvgIpc) is 2.10. The number of hydrogen-bond donors (Lipinski definition) is 2. The molecule has 0 amide bonds. The van der Waals surface area contributed by atoms with Gasteiger partial charge in [-0.3, -0.25) is 9.59 Å². The third kappa shape index (κ3) is 5.10. The van der Waals surface area contributed by atoms with Crippen molar-refractivity contribution in [2.45, 2.75) is 25.4 Å². The molecule has 1 unspecified atom stereocenters. The fourth-order valence-corrected chi connectivity index (χ4v) is 1.73. The molecule has 17 heavy (non-hydrogen) atoms. The minimum absolute atomic E-state index is 0.0388. The van der Waals surface area contributed by atoms with E-state index in [0.29, 0.717) is 10.9 Å². The number of rotatable bonds is 7. The van der Waals surface area contributed by atoms with E-state index in [9.17, 15) is 14.7 Å². The van der Waals surface area contributed by atoms with Crippen LogP contribution in [0.25, 0.3) is 0 Å². The predicted octanol–water partition coefficient (Wildman–Crippen LogP) is 0.434. The summed E-state index contributed by atoms with van der Waals surface area (Å²) in [6.07, 6.45) is -0.196. The summed E-state index contributed by atoms with van der Waals surface area (Å²) in [7, 11) is 5.36. The molecule has 0 aliphatic heterocycles. The summed E-state index contributed by atoms with van der Waals surface area (Å²) in [5, 5.41) is 19.1. The van der Waals surface area contributed by atoms with Gasteiger partial charge in [0.2, 0.25) is 0 Å².